The van der Waals surface area contributed by atoms with Crippen LogP contribution >= 0.6 is 0 Å². The zero-order valence-electron chi connectivity index (χ0n) is 31.1. The first kappa shape index (κ1) is 39.9. The quantitative estimate of drug-likeness (QED) is 0.137. The van der Waals surface area contributed by atoms with E-state index < -0.39 is 78.8 Å². The number of thiol groups is 1. The molecule has 15 heteroatoms. The summed E-state index contributed by atoms with van der Waals surface area (Å²) < 4.78 is 127. The monoisotopic (exact) mass is 803 g/mol. The predicted molar refractivity (Wildman–Crippen MR) is 194 cm³/mol. The second-order valence-corrected chi connectivity index (χ2v) is 22.0. The molecule has 0 aromatic heterocycles. The maximum absolute atomic E-state index is 15.5. The van der Waals surface area contributed by atoms with Crippen molar-refractivity contribution in [2.24, 2.45) is 26.4 Å². The highest BCUT2D eigenvalue weighted by molar-refractivity contribution is 8.06. The number of alkyl halides is 5. The largest absolute Gasteiger partial charge is 0.456 e. The van der Waals surface area contributed by atoms with Gasteiger partial charge in [-0.2, -0.15) is 30.4 Å². The number of benzene rings is 2. The van der Waals surface area contributed by atoms with Crippen LogP contribution in [0.1, 0.15) is 89.2 Å². The van der Waals surface area contributed by atoms with E-state index in [-0.39, 0.29) is 40.9 Å². The van der Waals surface area contributed by atoms with Crippen LogP contribution in [0.3, 0.4) is 0 Å². The number of allylic oxidation sites excluding steroid dienone is 1. The van der Waals surface area contributed by atoms with Crippen LogP contribution in [0.4, 0.5) is 22.0 Å². The SMILES string of the molecule is Cc1ccc(S(=O)(=O)N=[SH](C)(O)c2ccc([C@H]3C[C@@]4(C)[C@@H](CC[C@@]4(O)C(F)(F)C(F)(F)F)[C@@H]4CC[C@@]5(O)CC6(CCC5=C43)OCC(C)(C)CO6)cc2)cc1. The normalized spacial score (nSPS) is 34.2. The third-order valence-electron chi connectivity index (χ3n) is 13.3. The van der Waals surface area contributed by atoms with Gasteiger partial charge in [0.05, 0.1) is 23.7 Å². The molecule has 6 atom stereocenters. The average molecular weight is 804 g/mol. The van der Waals surface area contributed by atoms with Crippen molar-refractivity contribution in [3.63, 3.8) is 0 Å². The molecule has 1 aliphatic heterocycles. The first-order valence-electron chi connectivity index (χ1n) is 18.5. The molecule has 54 heavy (non-hydrogen) atoms. The fraction of sp³-hybridized carbons (Fsp3) is 0.641. The summed E-state index contributed by atoms with van der Waals surface area (Å²) >= 11 is 0. The Hall–Kier alpha value is -2.27. The van der Waals surface area contributed by atoms with Gasteiger partial charge < -0.3 is 24.2 Å². The Morgan fingerprint density at radius 2 is 1.50 bits per heavy atom. The van der Waals surface area contributed by atoms with Gasteiger partial charge in [0.15, 0.2) is 5.79 Å². The Kier molecular flexibility index (Phi) is 9.33. The van der Waals surface area contributed by atoms with Crippen LogP contribution in [0.5, 0.6) is 0 Å². The summed E-state index contributed by atoms with van der Waals surface area (Å²) in [6.07, 6.45) is -4.23. The van der Waals surface area contributed by atoms with E-state index in [0.29, 0.717) is 43.6 Å². The van der Waals surface area contributed by atoms with E-state index in [4.69, 9.17) is 9.47 Å². The van der Waals surface area contributed by atoms with Crippen molar-refractivity contribution in [3.05, 3.63) is 70.8 Å². The fourth-order valence-electron chi connectivity index (χ4n) is 10.3. The third kappa shape index (κ3) is 6.23. The van der Waals surface area contributed by atoms with Crippen LogP contribution in [-0.2, 0) is 29.6 Å². The number of sulfonamides is 1. The molecular weight excluding hydrogens is 754 g/mol. The predicted octanol–water partition coefficient (Wildman–Crippen LogP) is 8.14. The molecule has 3 saturated carbocycles. The number of nitrogens with zero attached hydrogens (tertiary/aromatic N) is 1. The standard InChI is InChI=1S/C39H50F5NO7S2/c1-24-6-10-27(11-7-24)54(49,50)45-53(5,48)26-12-8-25(9-13-26)29-20-34(4)30(16-19-37(34,47)38(40,41)39(42,43)44)28-14-17-35(46)21-36(18-15-31(35)32(28)29)51-22-33(2,3)23-52-36/h6-13,28-30,46-47,53H,14-23H2,1-5H3,(H,45,48)/t28-,29+,30-,34-,35+,37-/m0/s1. The molecule has 5 aliphatic rings. The van der Waals surface area contributed by atoms with E-state index in [2.05, 4.69) is 3.77 Å². The van der Waals surface area contributed by atoms with Gasteiger partial charge in [-0.05, 0) is 98.9 Å². The number of hydrogen-bond acceptors (Lipinski definition) is 6. The summed E-state index contributed by atoms with van der Waals surface area (Å²) in [6, 6.07) is 12.3. The maximum Gasteiger partial charge on any atom is 0.456 e. The number of fused-ring (bicyclic) bond motifs is 4. The van der Waals surface area contributed by atoms with Crippen LogP contribution < -0.4 is 0 Å². The van der Waals surface area contributed by atoms with Gasteiger partial charge >= 0.3 is 12.1 Å². The number of aryl methyl sites for hydroxylation is 1. The second-order valence-electron chi connectivity index (χ2n) is 17.6. The summed E-state index contributed by atoms with van der Waals surface area (Å²) in [5.41, 5.74) is -3.96. The molecule has 0 amide bonds. The summed E-state index contributed by atoms with van der Waals surface area (Å²) in [6.45, 7) is 8.06. The van der Waals surface area contributed by atoms with Crippen LogP contribution in [0.25, 0.3) is 0 Å². The smallest absolute Gasteiger partial charge is 0.385 e. The molecule has 1 heterocycles. The summed E-state index contributed by atoms with van der Waals surface area (Å²) in [7, 11) is -7.89. The minimum absolute atomic E-state index is 0.0419. The Balaban J connectivity index is 1.31. The molecule has 2 aromatic carbocycles. The lowest BCUT2D eigenvalue weighted by atomic mass is 9.49. The lowest BCUT2D eigenvalue weighted by Gasteiger charge is -2.59. The Morgan fingerprint density at radius 3 is 2.09 bits per heavy atom. The molecule has 300 valence electrons. The molecule has 8 nitrogen and oxygen atoms in total. The van der Waals surface area contributed by atoms with E-state index in [1.165, 1.54) is 37.4 Å². The highest BCUT2D eigenvalue weighted by Gasteiger charge is 2.79. The minimum atomic E-state index is -5.98. The maximum atomic E-state index is 15.5. The van der Waals surface area contributed by atoms with E-state index in [1.807, 2.05) is 13.8 Å². The first-order valence-corrected chi connectivity index (χ1v) is 22.0. The van der Waals surface area contributed by atoms with Crippen molar-refractivity contribution in [2.75, 3.05) is 19.5 Å². The van der Waals surface area contributed by atoms with Gasteiger partial charge in [0.2, 0.25) is 0 Å². The van der Waals surface area contributed by atoms with Crippen LogP contribution in [0.15, 0.2) is 73.2 Å². The molecule has 0 radical (unpaired) electrons. The highest BCUT2D eigenvalue weighted by Crippen LogP contribution is 2.71. The van der Waals surface area contributed by atoms with Gasteiger partial charge in [0, 0.05) is 34.5 Å². The minimum Gasteiger partial charge on any atom is -0.385 e. The van der Waals surface area contributed by atoms with Crippen molar-refractivity contribution in [1.29, 1.82) is 0 Å². The summed E-state index contributed by atoms with van der Waals surface area (Å²) in [5, 5.41) is 24.1. The Labute approximate surface area is 314 Å². The molecule has 1 saturated heterocycles. The molecule has 1 spiro atoms. The molecule has 4 fully saturated rings. The molecule has 4 aliphatic carbocycles. The van der Waals surface area contributed by atoms with Crippen molar-refractivity contribution in [3.8, 4) is 0 Å². The summed E-state index contributed by atoms with van der Waals surface area (Å²) in [5.74, 6) is -8.38. The third-order valence-corrected chi connectivity index (χ3v) is 17.5. The zero-order chi connectivity index (χ0) is 39.5. The second kappa shape index (κ2) is 12.6. The van der Waals surface area contributed by atoms with Crippen molar-refractivity contribution in [2.45, 2.75) is 124 Å². The molecule has 2 aromatic rings. The number of aliphatic hydroxyl groups is 2. The lowest BCUT2D eigenvalue weighted by molar-refractivity contribution is -0.362. The summed E-state index contributed by atoms with van der Waals surface area (Å²) in [4.78, 5) is 0.132. The van der Waals surface area contributed by atoms with Crippen LogP contribution in [0.2, 0.25) is 0 Å². The molecular formula is C39H50F5NO7S2. The van der Waals surface area contributed by atoms with Gasteiger partial charge in [-0.3, -0.25) is 0 Å². The number of ether oxygens (including phenoxy) is 2. The Morgan fingerprint density at radius 1 is 0.889 bits per heavy atom. The van der Waals surface area contributed by atoms with Crippen LogP contribution in [0, 0.1) is 29.6 Å². The average Bonchev–Trinajstić information content (AvgIpc) is 3.36. The van der Waals surface area contributed by atoms with Gasteiger partial charge in [-0.1, -0.05) is 66.3 Å². The first-order chi connectivity index (χ1) is 24.8. The molecule has 3 N–H and O–H groups in total. The molecule has 7 rings (SSSR count). The van der Waals surface area contributed by atoms with E-state index >= 15 is 8.78 Å². The van der Waals surface area contributed by atoms with Gasteiger partial charge in [0.25, 0.3) is 10.0 Å². The molecule has 0 unspecified atom stereocenters. The van der Waals surface area contributed by atoms with E-state index in [9.17, 15) is 36.4 Å². The van der Waals surface area contributed by atoms with Gasteiger partial charge in [-0.15, -0.1) is 3.77 Å². The van der Waals surface area contributed by atoms with Crippen molar-refractivity contribution in [1.82, 2.24) is 0 Å². The topological polar surface area (TPSA) is 126 Å². The number of halogens is 5. The number of hydrogen-bond donors (Lipinski definition) is 4. The molecule has 0 bridgehead atoms. The zero-order valence-corrected chi connectivity index (χ0v) is 32.8. The van der Waals surface area contributed by atoms with Crippen molar-refractivity contribution < 1.29 is 54.6 Å². The van der Waals surface area contributed by atoms with Gasteiger partial charge in [-0.25, -0.2) is 0 Å². The van der Waals surface area contributed by atoms with Crippen molar-refractivity contribution >= 4 is 20.1 Å². The fourth-order valence-corrected chi connectivity index (χ4v) is 13.9. The van der Waals surface area contributed by atoms with E-state index in [0.717, 1.165) is 11.1 Å². The number of rotatable bonds is 5. The lowest BCUT2D eigenvalue weighted by Crippen LogP contribution is -2.65. The van der Waals surface area contributed by atoms with Gasteiger partial charge in [0.1, 0.15) is 5.60 Å². The highest BCUT2D eigenvalue weighted by atomic mass is 32.3. The van der Waals surface area contributed by atoms with E-state index in [1.54, 1.807) is 31.2 Å². The Bertz CT molecular complexity index is 2000. The van der Waals surface area contributed by atoms with Crippen LogP contribution in [-0.4, -0.2) is 71.7 Å².